The van der Waals surface area contributed by atoms with Crippen molar-refractivity contribution in [2.75, 3.05) is 14.2 Å². The standard InChI is InChI=1S/C17H20N2O3S/c1-9(2)12-7-11(10(3)6-14(12)22-5)8-13-15(20)18-17(23)19(4)16(13)21/h6-9H,1-5H3,(H,18,20,23)/b13-8+. The number of rotatable bonds is 3. The van der Waals surface area contributed by atoms with Crippen molar-refractivity contribution < 1.29 is 14.3 Å². The second-order valence-corrected chi connectivity index (χ2v) is 6.17. The maximum atomic E-state index is 12.3. The van der Waals surface area contributed by atoms with Gasteiger partial charge in [-0.25, -0.2) is 0 Å². The average molecular weight is 332 g/mol. The third-order valence-corrected chi connectivity index (χ3v) is 4.22. The number of carbonyl (C=O) groups excluding carboxylic acids is 2. The number of thiocarbonyl (C=S) groups is 1. The van der Waals surface area contributed by atoms with Crippen LogP contribution in [0.5, 0.6) is 5.75 Å². The van der Waals surface area contributed by atoms with Crippen molar-refractivity contribution >= 4 is 35.2 Å². The minimum atomic E-state index is -0.473. The van der Waals surface area contributed by atoms with Crippen molar-refractivity contribution in [2.45, 2.75) is 26.7 Å². The van der Waals surface area contributed by atoms with Gasteiger partial charge < -0.3 is 4.74 Å². The van der Waals surface area contributed by atoms with E-state index >= 15 is 0 Å². The van der Waals surface area contributed by atoms with Gasteiger partial charge in [-0.05, 0) is 60.0 Å². The van der Waals surface area contributed by atoms with Gasteiger partial charge in [0.15, 0.2) is 5.11 Å². The Bertz CT molecular complexity index is 723. The number of likely N-dealkylation sites (N-methyl/N-ethyl adjacent to an activating group) is 1. The Morgan fingerprint density at radius 1 is 1.30 bits per heavy atom. The Hall–Kier alpha value is -2.21. The van der Waals surface area contributed by atoms with Gasteiger partial charge in [0.1, 0.15) is 11.3 Å². The van der Waals surface area contributed by atoms with Crippen molar-refractivity contribution in [3.05, 3.63) is 34.4 Å². The van der Waals surface area contributed by atoms with Gasteiger partial charge in [-0.1, -0.05) is 13.8 Å². The summed E-state index contributed by atoms with van der Waals surface area (Å²) in [5.74, 6) is 0.186. The van der Waals surface area contributed by atoms with Crippen LogP contribution in [-0.2, 0) is 9.59 Å². The second kappa shape index (κ2) is 6.50. The third-order valence-electron chi connectivity index (χ3n) is 3.84. The minimum Gasteiger partial charge on any atom is -0.496 e. The van der Waals surface area contributed by atoms with E-state index in [1.165, 1.54) is 4.90 Å². The van der Waals surface area contributed by atoms with E-state index in [9.17, 15) is 9.59 Å². The lowest BCUT2D eigenvalue weighted by Crippen LogP contribution is -2.52. The Morgan fingerprint density at radius 3 is 2.52 bits per heavy atom. The highest BCUT2D eigenvalue weighted by atomic mass is 32.1. The molecule has 1 heterocycles. The van der Waals surface area contributed by atoms with Crippen molar-refractivity contribution in [3.63, 3.8) is 0 Å². The molecule has 23 heavy (non-hydrogen) atoms. The highest BCUT2D eigenvalue weighted by Gasteiger charge is 2.30. The number of benzene rings is 1. The topological polar surface area (TPSA) is 58.6 Å². The molecule has 1 N–H and O–H groups in total. The van der Waals surface area contributed by atoms with Crippen LogP contribution in [-0.4, -0.2) is 36.0 Å². The van der Waals surface area contributed by atoms with Gasteiger partial charge in [0, 0.05) is 7.05 Å². The van der Waals surface area contributed by atoms with E-state index in [2.05, 4.69) is 19.2 Å². The maximum Gasteiger partial charge on any atom is 0.265 e. The van der Waals surface area contributed by atoms with E-state index in [0.29, 0.717) is 0 Å². The number of nitrogens with one attached hydrogen (secondary N) is 1. The first-order chi connectivity index (χ1) is 10.8. The molecular weight excluding hydrogens is 312 g/mol. The third kappa shape index (κ3) is 3.27. The van der Waals surface area contributed by atoms with Crippen molar-refractivity contribution in [2.24, 2.45) is 0 Å². The molecule has 0 spiro atoms. The lowest BCUT2D eigenvalue weighted by atomic mass is 9.95. The normalized spacial score (nSPS) is 17.0. The van der Waals surface area contributed by atoms with Crippen LogP contribution in [0.4, 0.5) is 0 Å². The number of ether oxygens (including phenoxy) is 1. The molecule has 6 heteroatoms. The summed E-state index contributed by atoms with van der Waals surface area (Å²) in [7, 11) is 3.17. The molecule has 1 fully saturated rings. The summed E-state index contributed by atoms with van der Waals surface area (Å²) in [5.41, 5.74) is 2.84. The molecule has 0 bridgehead atoms. The van der Waals surface area contributed by atoms with Gasteiger partial charge in [0.25, 0.3) is 11.8 Å². The number of amides is 2. The van der Waals surface area contributed by atoms with Crippen LogP contribution in [0.25, 0.3) is 6.08 Å². The highest BCUT2D eigenvalue weighted by Crippen LogP contribution is 2.30. The average Bonchev–Trinajstić information content (AvgIpc) is 2.50. The molecule has 0 radical (unpaired) electrons. The first-order valence-electron chi connectivity index (χ1n) is 7.29. The summed E-state index contributed by atoms with van der Waals surface area (Å²) in [6.45, 7) is 6.04. The molecule has 1 aliphatic rings. The lowest BCUT2D eigenvalue weighted by molar-refractivity contribution is -0.128. The fraction of sp³-hybridized carbons (Fsp3) is 0.353. The molecule has 0 saturated carbocycles. The molecule has 122 valence electrons. The van der Waals surface area contributed by atoms with Crippen molar-refractivity contribution in [3.8, 4) is 5.75 Å². The van der Waals surface area contributed by atoms with Crippen molar-refractivity contribution in [1.82, 2.24) is 10.2 Å². The number of carbonyl (C=O) groups is 2. The largest absolute Gasteiger partial charge is 0.496 e. The van der Waals surface area contributed by atoms with Crippen molar-refractivity contribution in [1.29, 1.82) is 0 Å². The molecule has 1 aliphatic heterocycles. The summed E-state index contributed by atoms with van der Waals surface area (Å²) in [4.78, 5) is 25.6. The molecule has 1 saturated heterocycles. The van der Waals surface area contributed by atoms with Crippen LogP contribution in [0.3, 0.4) is 0 Å². The van der Waals surface area contributed by atoms with E-state index in [1.54, 1.807) is 20.2 Å². The Balaban J connectivity index is 2.54. The predicted octanol–water partition coefficient (Wildman–Crippen LogP) is 2.38. The van der Waals surface area contributed by atoms with Gasteiger partial charge >= 0.3 is 0 Å². The molecule has 1 aromatic rings. The Labute approximate surface area is 141 Å². The van der Waals surface area contributed by atoms with E-state index < -0.39 is 11.8 Å². The maximum absolute atomic E-state index is 12.3. The fourth-order valence-corrected chi connectivity index (χ4v) is 2.58. The zero-order valence-electron chi connectivity index (χ0n) is 13.9. The number of hydrogen-bond acceptors (Lipinski definition) is 4. The smallest absolute Gasteiger partial charge is 0.265 e. The molecule has 1 aromatic carbocycles. The predicted molar refractivity (Wildman–Crippen MR) is 93.3 cm³/mol. The van der Waals surface area contributed by atoms with Crippen LogP contribution in [0.2, 0.25) is 0 Å². The first-order valence-corrected chi connectivity index (χ1v) is 7.70. The molecule has 0 aliphatic carbocycles. The summed E-state index contributed by atoms with van der Waals surface area (Å²) >= 11 is 4.94. The van der Waals surface area contributed by atoms with Crippen LogP contribution in [0.1, 0.15) is 36.5 Å². The van der Waals surface area contributed by atoms with Gasteiger partial charge in [0.05, 0.1) is 7.11 Å². The number of aryl methyl sites for hydroxylation is 1. The quantitative estimate of drug-likeness (QED) is 0.524. The molecule has 2 rings (SSSR count). The zero-order valence-corrected chi connectivity index (χ0v) is 14.7. The molecular formula is C17H20N2O3S. The van der Waals surface area contributed by atoms with E-state index in [0.717, 1.165) is 22.4 Å². The second-order valence-electron chi connectivity index (χ2n) is 5.79. The Kier molecular flexibility index (Phi) is 4.85. The highest BCUT2D eigenvalue weighted by molar-refractivity contribution is 7.80. The monoisotopic (exact) mass is 332 g/mol. The SMILES string of the molecule is COc1cc(C)c(/C=C2\C(=O)NC(=S)N(C)C2=O)cc1C(C)C. The van der Waals surface area contributed by atoms with E-state index in [1.807, 2.05) is 19.1 Å². The summed E-state index contributed by atoms with van der Waals surface area (Å²) < 4.78 is 5.41. The first kappa shape index (κ1) is 17.1. The summed E-state index contributed by atoms with van der Waals surface area (Å²) in [5, 5.41) is 2.63. The zero-order chi connectivity index (χ0) is 17.3. The summed E-state index contributed by atoms with van der Waals surface area (Å²) in [6.07, 6.45) is 1.61. The molecule has 0 unspecified atom stereocenters. The van der Waals surface area contributed by atoms with Crippen LogP contribution < -0.4 is 10.1 Å². The lowest BCUT2D eigenvalue weighted by Gasteiger charge is -2.25. The molecule has 0 atom stereocenters. The van der Waals surface area contributed by atoms with E-state index in [4.69, 9.17) is 17.0 Å². The van der Waals surface area contributed by atoms with Gasteiger partial charge in [-0.2, -0.15) is 0 Å². The number of hydrogen-bond donors (Lipinski definition) is 1. The van der Waals surface area contributed by atoms with E-state index in [-0.39, 0.29) is 16.6 Å². The van der Waals surface area contributed by atoms with Crippen LogP contribution >= 0.6 is 12.2 Å². The molecule has 0 aromatic heterocycles. The van der Waals surface area contributed by atoms with Crippen LogP contribution in [0.15, 0.2) is 17.7 Å². The van der Waals surface area contributed by atoms with Gasteiger partial charge in [-0.15, -0.1) is 0 Å². The fourth-order valence-electron chi connectivity index (χ4n) is 2.40. The van der Waals surface area contributed by atoms with Gasteiger partial charge in [-0.3, -0.25) is 19.8 Å². The molecule has 5 nitrogen and oxygen atoms in total. The number of nitrogens with zero attached hydrogens (tertiary/aromatic N) is 1. The minimum absolute atomic E-state index is 0.0732. The van der Waals surface area contributed by atoms with Gasteiger partial charge in [0.2, 0.25) is 0 Å². The Morgan fingerprint density at radius 2 is 1.96 bits per heavy atom. The molecule has 2 amide bonds. The van der Waals surface area contributed by atoms with Crippen LogP contribution in [0, 0.1) is 6.92 Å². The summed E-state index contributed by atoms with van der Waals surface area (Å²) in [6, 6.07) is 3.88. The number of methoxy groups -OCH3 is 1.